The van der Waals surface area contributed by atoms with Crippen molar-refractivity contribution < 1.29 is 0 Å². The van der Waals surface area contributed by atoms with Gasteiger partial charge in [0.05, 0.1) is 6.17 Å². The summed E-state index contributed by atoms with van der Waals surface area (Å²) in [7, 11) is 0. The molecule has 0 amide bonds. The lowest BCUT2D eigenvalue weighted by Crippen LogP contribution is -2.41. The first-order valence-electron chi connectivity index (χ1n) is 4.20. The van der Waals surface area contributed by atoms with Crippen molar-refractivity contribution in [2.24, 2.45) is 11.5 Å². The predicted molar refractivity (Wildman–Crippen MR) is 48.2 cm³/mol. The van der Waals surface area contributed by atoms with Gasteiger partial charge >= 0.3 is 0 Å². The predicted octanol–water partition coefficient (Wildman–Crippen LogP) is -1.18. The Kier molecular flexibility index (Phi) is 7.83. The number of nitrogens with two attached hydrogens (primary N) is 2. The molecule has 6 N–H and O–H groups in total. The zero-order valence-corrected chi connectivity index (χ0v) is 7.27. The van der Waals surface area contributed by atoms with Crippen LogP contribution in [0.3, 0.4) is 0 Å². The van der Waals surface area contributed by atoms with E-state index < -0.39 is 0 Å². The van der Waals surface area contributed by atoms with Crippen LogP contribution in [0, 0.1) is 0 Å². The lowest BCUT2D eigenvalue weighted by molar-refractivity contribution is 0.561. The molecule has 4 nitrogen and oxygen atoms in total. The summed E-state index contributed by atoms with van der Waals surface area (Å²) in [4.78, 5) is 0. The average molecular weight is 160 g/mol. The fourth-order valence-corrected chi connectivity index (χ4v) is 0.784. The summed E-state index contributed by atoms with van der Waals surface area (Å²) in [5.41, 5.74) is 10.7. The van der Waals surface area contributed by atoms with E-state index in [9.17, 15) is 0 Å². The Balaban J connectivity index is 2.80. The number of hydrogen-bond acceptors (Lipinski definition) is 4. The number of nitrogens with one attached hydrogen (secondary N) is 2. The van der Waals surface area contributed by atoms with Crippen molar-refractivity contribution in [3.63, 3.8) is 0 Å². The normalized spacial score (nSPS) is 10.9. The molecule has 11 heavy (non-hydrogen) atoms. The first-order chi connectivity index (χ1) is 5.27. The Bertz CT molecular complexity index is 74.8. The Morgan fingerprint density at radius 2 is 1.82 bits per heavy atom. The van der Waals surface area contributed by atoms with E-state index in [1.54, 1.807) is 0 Å². The molecule has 0 rings (SSSR count). The zero-order valence-electron chi connectivity index (χ0n) is 7.27. The summed E-state index contributed by atoms with van der Waals surface area (Å²) in [6.07, 6.45) is 0.898. The molecule has 0 aromatic heterocycles. The van der Waals surface area contributed by atoms with Crippen LogP contribution < -0.4 is 22.1 Å². The van der Waals surface area contributed by atoms with Gasteiger partial charge in [-0.3, -0.25) is 0 Å². The molecule has 0 bridgehead atoms. The van der Waals surface area contributed by atoms with E-state index in [0.29, 0.717) is 6.54 Å². The van der Waals surface area contributed by atoms with Gasteiger partial charge in [0.2, 0.25) is 0 Å². The highest BCUT2D eigenvalue weighted by Gasteiger charge is 1.91. The molecule has 0 radical (unpaired) electrons. The SMILES string of the molecule is CCNCCCNCC(N)N. The van der Waals surface area contributed by atoms with Gasteiger partial charge in [0.15, 0.2) is 0 Å². The van der Waals surface area contributed by atoms with Crippen LogP contribution in [0.4, 0.5) is 0 Å². The Morgan fingerprint density at radius 1 is 1.18 bits per heavy atom. The largest absolute Gasteiger partial charge is 0.317 e. The molecule has 0 saturated heterocycles. The smallest absolute Gasteiger partial charge is 0.0649 e. The molecule has 0 heterocycles. The van der Waals surface area contributed by atoms with Crippen LogP contribution in [0.1, 0.15) is 13.3 Å². The first kappa shape index (κ1) is 10.8. The van der Waals surface area contributed by atoms with E-state index in [1.165, 1.54) is 0 Å². The molecule has 0 atom stereocenters. The third kappa shape index (κ3) is 9.84. The first-order valence-corrected chi connectivity index (χ1v) is 4.20. The van der Waals surface area contributed by atoms with E-state index in [0.717, 1.165) is 26.1 Å². The van der Waals surface area contributed by atoms with E-state index in [-0.39, 0.29) is 6.17 Å². The van der Waals surface area contributed by atoms with Gasteiger partial charge in [-0.15, -0.1) is 0 Å². The highest BCUT2D eigenvalue weighted by molar-refractivity contribution is 4.56. The van der Waals surface area contributed by atoms with Crippen LogP contribution in [-0.4, -0.2) is 32.3 Å². The molecule has 0 spiro atoms. The van der Waals surface area contributed by atoms with E-state index in [1.807, 2.05) is 0 Å². The lowest BCUT2D eigenvalue weighted by Gasteiger charge is -2.07. The van der Waals surface area contributed by atoms with Gasteiger partial charge in [-0.1, -0.05) is 6.92 Å². The third-order valence-corrected chi connectivity index (χ3v) is 1.34. The van der Waals surface area contributed by atoms with Gasteiger partial charge in [-0.25, -0.2) is 0 Å². The van der Waals surface area contributed by atoms with Crippen LogP contribution in [-0.2, 0) is 0 Å². The van der Waals surface area contributed by atoms with Gasteiger partial charge in [-0.2, -0.15) is 0 Å². The molecule has 0 aliphatic carbocycles. The minimum absolute atomic E-state index is 0.228. The molecular formula is C7H20N4. The minimum atomic E-state index is -0.228. The zero-order chi connectivity index (χ0) is 8.53. The maximum Gasteiger partial charge on any atom is 0.0649 e. The van der Waals surface area contributed by atoms with Crippen molar-refractivity contribution in [3.8, 4) is 0 Å². The van der Waals surface area contributed by atoms with Crippen molar-refractivity contribution in [1.82, 2.24) is 10.6 Å². The Hall–Kier alpha value is -0.160. The molecule has 0 fully saturated rings. The lowest BCUT2D eigenvalue weighted by atomic mass is 10.4. The number of hydrogen-bond donors (Lipinski definition) is 4. The van der Waals surface area contributed by atoms with E-state index >= 15 is 0 Å². The molecule has 0 aromatic rings. The van der Waals surface area contributed by atoms with Gasteiger partial charge in [-0.05, 0) is 26.1 Å². The summed E-state index contributed by atoms with van der Waals surface area (Å²) in [6, 6.07) is 0. The summed E-state index contributed by atoms with van der Waals surface area (Å²) >= 11 is 0. The van der Waals surface area contributed by atoms with E-state index in [2.05, 4.69) is 17.6 Å². The fourth-order valence-electron chi connectivity index (χ4n) is 0.784. The molecule has 4 heteroatoms. The second-order valence-electron chi connectivity index (χ2n) is 2.58. The second-order valence-corrected chi connectivity index (χ2v) is 2.58. The van der Waals surface area contributed by atoms with Crippen molar-refractivity contribution >= 4 is 0 Å². The van der Waals surface area contributed by atoms with Crippen molar-refractivity contribution in [1.29, 1.82) is 0 Å². The van der Waals surface area contributed by atoms with Crippen molar-refractivity contribution in [2.75, 3.05) is 26.2 Å². The third-order valence-electron chi connectivity index (χ3n) is 1.34. The van der Waals surface area contributed by atoms with Crippen LogP contribution in [0.5, 0.6) is 0 Å². The van der Waals surface area contributed by atoms with E-state index in [4.69, 9.17) is 11.5 Å². The quantitative estimate of drug-likeness (QED) is 0.279. The summed E-state index contributed by atoms with van der Waals surface area (Å²) in [5.74, 6) is 0. The molecule has 0 saturated carbocycles. The summed E-state index contributed by atoms with van der Waals surface area (Å²) in [6.45, 7) is 5.88. The monoisotopic (exact) mass is 160 g/mol. The second kappa shape index (κ2) is 7.94. The Labute approximate surface area is 68.7 Å². The van der Waals surface area contributed by atoms with Gasteiger partial charge in [0.25, 0.3) is 0 Å². The maximum atomic E-state index is 5.33. The Morgan fingerprint density at radius 3 is 2.36 bits per heavy atom. The standard InChI is InChI=1S/C7H20N4/c1-2-10-4-3-5-11-6-7(8)9/h7,10-11H,2-6,8-9H2,1H3. The molecule has 0 aliphatic rings. The maximum absolute atomic E-state index is 5.33. The van der Waals surface area contributed by atoms with Gasteiger partial charge in [0.1, 0.15) is 0 Å². The highest BCUT2D eigenvalue weighted by atomic mass is 15.0. The molecular weight excluding hydrogens is 140 g/mol. The molecule has 0 aliphatic heterocycles. The van der Waals surface area contributed by atoms with Gasteiger partial charge < -0.3 is 22.1 Å². The van der Waals surface area contributed by atoms with Crippen LogP contribution in [0.2, 0.25) is 0 Å². The fraction of sp³-hybridized carbons (Fsp3) is 1.00. The van der Waals surface area contributed by atoms with Crippen LogP contribution in [0.15, 0.2) is 0 Å². The molecule has 0 aromatic carbocycles. The topological polar surface area (TPSA) is 76.1 Å². The van der Waals surface area contributed by atoms with Gasteiger partial charge in [0, 0.05) is 6.54 Å². The summed E-state index contributed by atoms with van der Waals surface area (Å²) in [5, 5.41) is 6.39. The number of rotatable bonds is 7. The molecule has 0 unspecified atom stereocenters. The highest BCUT2D eigenvalue weighted by Crippen LogP contribution is 1.72. The van der Waals surface area contributed by atoms with Crippen molar-refractivity contribution in [2.45, 2.75) is 19.5 Å². The average Bonchev–Trinajstić information content (AvgIpc) is 1.96. The van der Waals surface area contributed by atoms with Crippen LogP contribution >= 0.6 is 0 Å². The minimum Gasteiger partial charge on any atom is -0.317 e. The summed E-state index contributed by atoms with van der Waals surface area (Å²) < 4.78 is 0. The van der Waals surface area contributed by atoms with Crippen molar-refractivity contribution in [3.05, 3.63) is 0 Å². The molecule has 68 valence electrons. The van der Waals surface area contributed by atoms with Crippen LogP contribution in [0.25, 0.3) is 0 Å².